The van der Waals surface area contributed by atoms with Crippen LogP contribution in [0.5, 0.6) is 0 Å². The Morgan fingerprint density at radius 2 is 2.04 bits per heavy atom. The van der Waals surface area contributed by atoms with Crippen molar-refractivity contribution in [2.45, 2.75) is 6.04 Å². The Kier molecular flexibility index (Phi) is 4.45. The maximum atomic E-state index is 13.1. The second-order valence-electron chi connectivity index (χ2n) is 5.42. The molecule has 1 aliphatic heterocycles. The molecule has 2 aromatic rings. The van der Waals surface area contributed by atoms with Crippen LogP contribution < -0.4 is 10.2 Å². The zero-order chi connectivity index (χ0) is 17.1. The standard InChI is InChI=1S/C16H17FN4O3/c1-18-15(22)13-9-20(12-4-2-11(17)3-5-12)6-7-21(13)16(23)14-8-19-10-24-14/h2-5,8,10,13H,6-7,9H2,1H3,(H,18,22). The van der Waals surface area contributed by atoms with Crippen LogP contribution in [-0.2, 0) is 4.79 Å². The van der Waals surface area contributed by atoms with E-state index in [1.165, 1.54) is 36.7 Å². The topological polar surface area (TPSA) is 78.7 Å². The van der Waals surface area contributed by atoms with E-state index in [1.54, 1.807) is 12.1 Å². The Balaban J connectivity index is 1.82. The molecular formula is C16H17FN4O3. The van der Waals surface area contributed by atoms with Gasteiger partial charge in [0.15, 0.2) is 6.39 Å². The van der Waals surface area contributed by atoms with Gasteiger partial charge in [0.2, 0.25) is 11.7 Å². The second-order valence-corrected chi connectivity index (χ2v) is 5.42. The molecule has 1 aliphatic rings. The minimum absolute atomic E-state index is 0.0964. The van der Waals surface area contributed by atoms with Gasteiger partial charge in [-0.1, -0.05) is 0 Å². The molecule has 1 aromatic heterocycles. The van der Waals surface area contributed by atoms with E-state index >= 15 is 0 Å². The number of carbonyl (C=O) groups excluding carboxylic acids is 2. The molecule has 3 rings (SSSR count). The number of amides is 2. The van der Waals surface area contributed by atoms with Crippen molar-refractivity contribution in [3.63, 3.8) is 0 Å². The third-order valence-corrected chi connectivity index (χ3v) is 4.03. The molecule has 0 saturated carbocycles. The predicted molar refractivity (Wildman–Crippen MR) is 84.0 cm³/mol. The molecule has 2 heterocycles. The number of hydrogen-bond donors (Lipinski definition) is 1. The normalized spacial score (nSPS) is 17.7. The molecule has 1 saturated heterocycles. The largest absolute Gasteiger partial charge is 0.438 e. The first-order valence-electron chi connectivity index (χ1n) is 7.51. The highest BCUT2D eigenvalue weighted by Gasteiger charge is 2.36. The first-order valence-corrected chi connectivity index (χ1v) is 7.51. The number of carbonyl (C=O) groups is 2. The molecule has 0 radical (unpaired) electrons. The molecule has 1 unspecified atom stereocenters. The van der Waals surface area contributed by atoms with Crippen LogP contribution >= 0.6 is 0 Å². The number of rotatable bonds is 3. The zero-order valence-electron chi connectivity index (χ0n) is 13.1. The third kappa shape index (κ3) is 3.08. The Labute approximate surface area is 138 Å². The number of benzene rings is 1. The van der Waals surface area contributed by atoms with Gasteiger partial charge < -0.3 is 19.5 Å². The molecule has 1 N–H and O–H groups in total. The Morgan fingerprint density at radius 3 is 2.67 bits per heavy atom. The van der Waals surface area contributed by atoms with E-state index in [2.05, 4.69) is 10.3 Å². The van der Waals surface area contributed by atoms with Crippen molar-refractivity contribution in [2.24, 2.45) is 0 Å². The van der Waals surface area contributed by atoms with E-state index in [1.807, 2.05) is 4.90 Å². The maximum Gasteiger partial charge on any atom is 0.292 e. The Hall–Kier alpha value is -2.90. The maximum absolute atomic E-state index is 13.1. The van der Waals surface area contributed by atoms with Crippen molar-refractivity contribution in [3.05, 3.63) is 48.4 Å². The molecule has 126 valence electrons. The van der Waals surface area contributed by atoms with E-state index in [4.69, 9.17) is 4.42 Å². The van der Waals surface area contributed by atoms with Crippen LogP contribution in [0.25, 0.3) is 0 Å². The van der Waals surface area contributed by atoms with E-state index in [0.29, 0.717) is 19.6 Å². The summed E-state index contributed by atoms with van der Waals surface area (Å²) in [5, 5.41) is 2.58. The van der Waals surface area contributed by atoms with Crippen LogP contribution in [0.2, 0.25) is 0 Å². The lowest BCUT2D eigenvalue weighted by molar-refractivity contribution is -0.125. The lowest BCUT2D eigenvalue weighted by atomic mass is 10.1. The van der Waals surface area contributed by atoms with Crippen molar-refractivity contribution in [3.8, 4) is 0 Å². The first kappa shape index (κ1) is 16.0. The predicted octanol–water partition coefficient (Wildman–Crippen LogP) is 0.891. The third-order valence-electron chi connectivity index (χ3n) is 4.03. The van der Waals surface area contributed by atoms with Crippen LogP contribution in [0.4, 0.5) is 10.1 Å². The van der Waals surface area contributed by atoms with E-state index in [0.717, 1.165) is 5.69 Å². The number of piperazine rings is 1. The molecule has 0 aliphatic carbocycles. The van der Waals surface area contributed by atoms with Gasteiger partial charge in [0, 0.05) is 32.4 Å². The average molecular weight is 332 g/mol. The lowest BCUT2D eigenvalue weighted by Gasteiger charge is -2.41. The smallest absolute Gasteiger partial charge is 0.292 e. The van der Waals surface area contributed by atoms with Gasteiger partial charge in [0.1, 0.15) is 11.9 Å². The highest BCUT2D eigenvalue weighted by molar-refractivity contribution is 5.95. The SMILES string of the molecule is CNC(=O)C1CN(c2ccc(F)cc2)CCN1C(=O)c1cnco1. The number of oxazole rings is 1. The van der Waals surface area contributed by atoms with Gasteiger partial charge in [0.05, 0.1) is 6.20 Å². The summed E-state index contributed by atoms with van der Waals surface area (Å²) >= 11 is 0. The molecule has 2 amide bonds. The van der Waals surface area contributed by atoms with Gasteiger partial charge in [-0.15, -0.1) is 0 Å². The lowest BCUT2D eigenvalue weighted by Crippen LogP contribution is -2.60. The summed E-state index contributed by atoms with van der Waals surface area (Å²) in [6, 6.07) is 5.38. The molecule has 1 atom stereocenters. The summed E-state index contributed by atoms with van der Waals surface area (Å²) in [4.78, 5) is 31.9. The van der Waals surface area contributed by atoms with E-state index in [9.17, 15) is 14.0 Å². The Morgan fingerprint density at radius 1 is 1.29 bits per heavy atom. The van der Waals surface area contributed by atoms with Crippen molar-refractivity contribution in [1.29, 1.82) is 0 Å². The van der Waals surface area contributed by atoms with Gasteiger partial charge in [0.25, 0.3) is 5.91 Å². The number of hydrogen-bond acceptors (Lipinski definition) is 5. The quantitative estimate of drug-likeness (QED) is 0.903. The Bertz CT molecular complexity index is 717. The fraction of sp³-hybridized carbons (Fsp3) is 0.312. The molecule has 0 bridgehead atoms. The van der Waals surface area contributed by atoms with Crippen molar-refractivity contribution < 1.29 is 18.4 Å². The molecule has 1 fully saturated rings. The number of nitrogens with one attached hydrogen (secondary N) is 1. The van der Waals surface area contributed by atoms with Gasteiger partial charge in [-0.3, -0.25) is 9.59 Å². The van der Waals surface area contributed by atoms with Crippen LogP contribution in [0, 0.1) is 5.82 Å². The monoisotopic (exact) mass is 332 g/mol. The van der Waals surface area contributed by atoms with Gasteiger partial charge in [-0.2, -0.15) is 0 Å². The van der Waals surface area contributed by atoms with Crippen molar-refractivity contribution >= 4 is 17.5 Å². The zero-order valence-corrected chi connectivity index (χ0v) is 13.1. The minimum atomic E-state index is -0.675. The second kappa shape index (κ2) is 6.69. The van der Waals surface area contributed by atoms with Crippen LogP contribution in [0.1, 0.15) is 10.6 Å². The fourth-order valence-electron chi connectivity index (χ4n) is 2.77. The molecule has 1 aromatic carbocycles. The van der Waals surface area contributed by atoms with Crippen LogP contribution in [0.15, 0.2) is 41.3 Å². The molecule has 8 heteroatoms. The summed E-state index contributed by atoms with van der Waals surface area (Å²) in [6.07, 6.45) is 2.51. The van der Waals surface area contributed by atoms with Crippen LogP contribution in [0.3, 0.4) is 0 Å². The highest BCUT2D eigenvalue weighted by Crippen LogP contribution is 2.21. The van der Waals surface area contributed by atoms with Crippen molar-refractivity contribution in [2.75, 3.05) is 31.6 Å². The summed E-state index contributed by atoms with van der Waals surface area (Å²) in [5.41, 5.74) is 0.803. The van der Waals surface area contributed by atoms with Gasteiger partial charge in [-0.25, -0.2) is 9.37 Å². The number of anilines is 1. The summed E-state index contributed by atoms with van der Waals surface area (Å²) in [5.74, 6) is -0.866. The van der Waals surface area contributed by atoms with Gasteiger partial charge >= 0.3 is 0 Å². The first-order chi connectivity index (χ1) is 11.6. The van der Waals surface area contributed by atoms with Gasteiger partial charge in [-0.05, 0) is 24.3 Å². The summed E-state index contributed by atoms with van der Waals surface area (Å²) < 4.78 is 18.1. The molecule has 24 heavy (non-hydrogen) atoms. The average Bonchev–Trinajstić information content (AvgIpc) is 3.15. The number of halogens is 1. The molecule has 7 nitrogen and oxygen atoms in total. The van der Waals surface area contributed by atoms with E-state index in [-0.39, 0.29) is 23.4 Å². The fourth-order valence-corrected chi connectivity index (χ4v) is 2.77. The molecular weight excluding hydrogens is 315 g/mol. The minimum Gasteiger partial charge on any atom is -0.438 e. The molecule has 0 spiro atoms. The summed E-state index contributed by atoms with van der Waals surface area (Å²) in [6.45, 7) is 1.18. The highest BCUT2D eigenvalue weighted by atomic mass is 19.1. The number of aromatic nitrogens is 1. The van der Waals surface area contributed by atoms with Crippen LogP contribution in [-0.4, -0.2) is 54.4 Å². The summed E-state index contributed by atoms with van der Waals surface area (Å²) in [7, 11) is 1.52. The number of nitrogens with zero attached hydrogens (tertiary/aromatic N) is 3. The number of likely N-dealkylation sites (N-methyl/N-ethyl adjacent to an activating group) is 1. The van der Waals surface area contributed by atoms with E-state index < -0.39 is 6.04 Å². The van der Waals surface area contributed by atoms with Crippen molar-refractivity contribution in [1.82, 2.24) is 15.2 Å².